The lowest BCUT2D eigenvalue weighted by atomic mass is 10.1. The SMILES string of the molecule is O=[N+]([O-])c1cc2c(cc1C=Nc1ccc(N=Cc3cc4c(cc3[N+](=O)[O-])OCO4)cc1)OCO2. The monoisotopic (exact) mass is 462 g/mol. The summed E-state index contributed by atoms with van der Waals surface area (Å²) in [6.45, 7) is 0.00889. The molecule has 2 aliphatic rings. The Bertz CT molecular complexity index is 1260. The van der Waals surface area contributed by atoms with Gasteiger partial charge in [0.1, 0.15) is 0 Å². The van der Waals surface area contributed by atoms with Crippen molar-refractivity contribution in [3.05, 3.63) is 79.9 Å². The highest BCUT2D eigenvalue weighted by atomic mass is 16.7. The van der Waals surface area contributed by atoms with Gasteiger partial charge in [-0.05, 0) is 36.4 Å². The minimum atomic E-state index is -0.517. The molecule has 12 nitrogen and oxygen atoms in total. The van der Waals surface area contributed by atoms with Gasteiger partial charge in [-0.15, -0.1) is 0 Å². The Hall–Kier alpha value is -5.00. The van der Waals surface area contributed by atoms with Crippen LogP contribution in [0.1, 0.15) is 11.1 Å². The predicted molar refractivity (Wildman–Crippen MR) is 119 cm³/mol. The molecule has 2 aliphatic heterocycles. The number of hydrogen-bond acceptors (Lipinski definition) is 10. The molecule has 0 saturated heterocycles. The summed E-state index contributed by atoms with van der Waals surface area (Å²) in [7, 11) is 0. The number of nitrogens with zero attached hydrogens (tertiary/aromatic N) is 4. The number of fused-ring (bicyclic) bond motifs is 2. The molecule has 0 aliphatic carbocycles. The van der Waals surface area contributed by atoms with Crippen LogP contribution in [0.2, 0.25) is 0 Å². The fourth-order valence-electron chi connectivity index (χ4n) is 3.33. The van der Waals surface area contributed by atoms with E-state index in [0.29, 0.717) is 34.4 Å². The lowest BCUT2D eigenvalue weighted by molar-refractivity contribution is -0.385. The molecule has 0 fully saturated rings. The average Bonchev–Trinajstić information content (AvgIpc) is 3.49. The van der Waals surface area contributed by atoms with Crippen molar-refractivity contribution in [2.24, 2.45) is 9.98 Å². The standard InChI is InChI=1S/C22H14N4O8/c27-25(28)17-7-21-19(31-11-33-21)5-13(17)9-23-15-1-2-16(4-3-15)24-10-14-6-20-22(34-12-32-20)8-18(14)26(29)30/h1-10H,11-12H2. The second kappa shape index (κ2) is 8.50. The number of benzene rings is 3. The molecule has 0 radical (unpaired) electrons. The van der Waals surface area contributed by atoms with Crippen LogP contribution in [0.15, 0.2) is 58.5 Å². The van der Waals surface area contributed by atoms with Gasteiger partial charge in [-0.2, -0.15) is 0 Å². The van der Waals surface area contributed by atoms with E-state index in [1.54, 1.807) is 24.3 Å². The summed E-state index contributed by atoms with van der Waals surface area (Å²) in [5.41, 5.74) is 1.29. The molecule has 3 aromatic rings. The second-order valence-corrected chi connectivity index (χ2v) is 7.08. The third kappa shape index (κ3) is 4.07. The van der Waals surface area contributed by atoms with Gasteiger partial charge in [0.15, 0.2) is 23.0 Å². The van der Waals surface area contributed by atoms with Gasteiger partial charge >= 0.3 is 0 Å². The number of ether oxygens (including phenoxy) is 4. The topological polar surface area (TPSA) is 148 Å². The number of rotatable bonds is 6. The van der Waals surface area contributed by atoms with E-state index in [4.69, 9.17) is 18.9 Å². The smallest absolute Gasteiger partial charge is 0.282 e. The molecule has 170 valence electrons. The third-order valence-corrected chi connectivity index (χ3v) is 4.99. The minimum Gasteiger partial charge on any atom is -0.454 e. The summed E-state index contributed by atoms with van der Waals surface area (Å²) in [5.74, 6) is 1.45. The first-order valence-corrected chi connectivity index (χ1v) is 9.82. The largest absolute Gasteiger partial charge is 0.454 e. The molecule has 2 heterocycles. The molecule has 12 heteroatoms. The zero-order valence-electron chi connectivity index (χ0n) is 17.2. The van der Waals surface area contributed by atoms with Crippen molar-refractivity contribution in [2.45, 2.75) is 0 Å². The van der Waals surface area contributed by atoms with E-state index in [0.717, 1.165) is 0 Å². The van der Waals surface area contributed by atoms with Crippen molar-refractivity contribution in [3.8, 4) is 23.0 Å². The molecule has 0 bridgehead atoms. The van der Waals surface area contributed by atoms with Crippen LogP contribution in [0.5, 0.6) is 23.0 Å². The Balaban J connectivity index is 1.36. The highest BCUT2D eigenvalue weighted by Gasteiger charge is 2.23. The molecule has 0 unspecified atom stereocenters. The third-order valence-electron chi connectivity index (χ3n) is 4.99. The van der Waals surface area contributed by atoms with Gasteiger partial charge in [0.05, 0.1) is 44.5 Å². The van der Waals surface area contributed by atoms with Crippen molar-refractivity contribution < 1.29 is 28.8 Å². The fourth-order valence-corrected chi connectivity index (χ4v) is 3.33. The van der Waals surface area contributed by atoms with Crippen molar-refractivity contribution in [1.29, 1.82) is 0 Å². The van der Waals surface area contributed by atoms with Crippen LogP contribution >= 0.6 is 0 Å². The Labute approximate surface area is 191 Å². The summed E-state index contributed by atoms with van der Waals surface area (Å²) in [6.07, 6.45) is 2.74. The lowest BCUT2D eigenvalue weighted by Crippen LogP contribution is -1.95. The fraction of sp³-hybridized carbons (Fsp3) is 0.0909. The second-order valence-electron chi connectivity index (χ2n) is 7.08. The van der Waals surface area contributed by atoms with Gasteiger partial charge in [0.2, 0.25) is 13.6 Å². The molecule has 0 saturated carbocycles. The van der Waals surface area contributed by atoms with E-state index in [-0.39, 0.29) is 36.1 Å². The first-order valence-electron chi connectivity index (χ1n) is 9.82. The lowest BCUT2D eigenvalue weighted by Gasteiger charge is -2.01. The molecule has 0 amide bonds. The number of aliphatic imine (C=N–C) groups is 2. The predicted octanol–water partition coefficient (Wildman–Crippen LogP) is 4.46. The first-order chi connectivity index (χ1) is 16.5. The van der Waals surface area contributed by atoms with Crippen LogP contribution in [-0.4, -0.2) is 35.9 Å². The quantitative estimate of drug-likeness (QED) is 0.296. The van der Waals surface area contributed by atoms with E-state index in [2.05, 4.69) is 9.98 Å². The van der Waals surface area contributed by atoms with E-state index >= 15 is 0 Å². The van der Waals surface area contributed by atoms with Crippen LogP contribution in [-0.2, 0) is 0 Å². The van der Waals surface area contributed by atoms with Crippen molar-refractivity contribution >= 4 is 35.2 Å². The molecule has 0 spiro atoms. The average molecular weight is 462 g/mol. The van der Waals surface area contributed by atoms with Crippen molar-refractivity contribution in [3.63, 3.8) is 0 Å². The Morgan fingerprint density at radius 3 is 1.35 bits per heavy atom. The molecule has 0 atom stereocenters. The van der Waals surface area contributed by atoms with E-state index in [9.17, 15) is 20.2 Å². The zero-order valence-corrected chi connectivity index (χ0v) is 17.2. The first kappa shape index (κ1) is 20.9. The highest BCUT2D eigenvalue weighted by Crippen LogP contribution is 2.38. The van der Waals surface area contributed by atoms with Crippen LogP contribution < -0.4 is 18.9 Å². The van der Waals surface area contributed by atoms with Crippen LogP contribution in [0.25, 0.3) is 0 Å². The van der Waals surface area contributed by atoms with Crippen molar-refractivity contribution in [1.82, 2.24) is 0 Å². The highest BCUT2D eigenvalue weighted by molar-refractivity contribution is 5.90. The number of hydrogen-bond donors (Lipinski definition) is 0. The van der Waals surface area contributed by atoms with E-state index in [1.807, 2.05) is 0 Å². The van der Waals surface area contributed by atoms with E-state index < -0.39 is 9.85 Å². The van der Waals surface area contributed by atoms with Gasteiger partial charge in [-0.1, -0.05) is 0 Å². The zero-order chi connectivity index (χ0) is 23.7. The molecule has 34 heavy (non-hydrogen) atoms. The molecule has 3 aromatic carbocycles. The maximum atomic E-state index is 11.4. The summed E-state index contributed by atoms with van der Waals surface area (Å²) < 4.78 is 20.9. The van der Waals surface area contributed by atoms with Crippen molar-refractivity contribution in [2.75, 3.05) is 13.6 Å². The normalized spacial score (nSPS) is 13.6. The maximum Gasteiger partial charge on any atom is 0.282 e. The summed E-state index contributed by atoms with van der Waals surface area (Å²) >= 11 is 0. The van der Waals surface area contributed by atoms with E-state index in [1.165, 1.54) is 36.7 Å². The summed E-state index contributed by atoms with van der Waals surface area (Å²) in [6, 6.07) is 12.3. The van der Waals surface area contributed by atoms with Crippen LogP contribution in [0.3, 0.4) is 0 Å². The minimum absolute atomic E-state index is 0.00444. The van der Waals surface area contributed by atoms with Crippen LogP contribution in [0, 0.1) is 20.2 Å². The van der Waals surface area contributed by atoms with Gasteiger partial charge in [-0.3, -0.25) is 30.2 Å². The molecular formula is C22H14N4O8. The Morgan fingerprint density at radius 2 is 1.00 bits per heavy atom. The Kier molecular flexibility index (Phi) is 5.22. The molecule has 5 rings (SSSR count). The molecule has 0 aromatic heterocycles. The summed E-state index contributed by atoms with van der Waals surface area (Å²) in [5, 5.41) is 22.7. The van der Waals surface area contributed by atoms with Gasteiger partial charge in [0, 0.05) is 12.4 Å². The van der Waals surface area contributed by atoms with Gasteiger partial charge in [0.25, 0.3) is 11.4 Å². The number of nitro groups is 2. The van der Waals surface area contributed by atoms with Crippen LogP contribution in [0.4, 0.5) is 22.7 Å². The molecule has 0 N–H and O–H groups in total. The Morgan fingerprint density at radius 1 is 0.647 bits per heavy atom. The number of nitro benzene ring substituents is 2. The van der Waals surface area contributed by atoms with Gasteiger partial charge < -0.3 is 18.9 Å². The molecular weight excluding hydrogens is 448 g/mol. The summed E-state index contributed by atoms with van der Waals surface area (Å²) in [4.78, 5) is 30.3. The van der Waals surface area contributed by atoms with Gasteiger partial charge in [-0.25, -0.2) is 0 Å². The maximum absolute atomic E-state index is 11.4.